The van der Waals surface area contributed by atoms with Crippen molar-refractivity contribution in [1.29, 1.82) is 0 Å². The number of hydrogen-bond acceptors (Lipinski definition) is 2. The highest BCUT2D eigenvalue weighted by molar-refractivity contribution is 4.75. The van der Waals surface area contributed by atoms with Crippen molar-refractivity contribution in [2.24, 2.45) is 23.5 Å². The molecule has 2 atom stereocenters. The van der Waals surface area contributed by atoms with Crippen LogP contribution in [-0.4, -0.2) is 31.1 Å². The highest BCUT2D eigenvalue weighted by Gasteiger charge is 2.21. The first kappa shape index (κ1) is 16.0. The second kappa shape index (κ2) is 8.92. The molecule has 0 aromatic heterocycles. The second-order valence-electron chi connectivity index (χ2n) is 6.47. The lowest BCUT2D eigenvalue weighted by Crippen LogP contribution is -2.23. The Labute approximate surface area is 114 Å². The normalized spacial score (nSPS) is 22.8. The van der Waals surface area contributed by atoms with Crippen LogP contribution in [0.3, 0.4) is 0 Å². The summed E-state index contributed by atoms with van der Waals surface area (Å²) in [6, 6.07) is 0. The molecule has 1 heterocycles. The summed E-state index contributed by atoms with van der Waals surface area (Å²) in [7, 11) is 0. The Morgan fingerprint density at radius 1 is 1.28 bits per heavy atom. The highest BCUT2D eigenvalue weighted by atomic mass is 15.1. The number of nitrogens with two attached hydrogens (primary N) is 1. The van der Waals surface area contributed by atoms with E-state index in [-0.39, 0.29) is 0 Å². The Hall–Kier alpha value is -0.0800. The molecule has 0 aromatic carbocycles. The lowest BCUT2D eigenvalue weighted by molar-refractivity contribution is 0.276. The molecule has 2 N–H and O–H groups in total. The first-order valence-electron chi connectivity index (χ1n) is 8.09. The molecule has 0 radical (unpaired) electrons. The van der Waals surface area contributed by atoms with Crippen LogP contribution in [0.15, 0.2) is 0 Å². The minimum absolute atomic E-state index is 0.792. The standard InChI is InChI=1S/C16H34N2/c1-4-6-15-9-12-18(13-15)11-5-7-16(8-10-17)14(2)3/h14-16H,4-13,17H2,1-3H3. The minimum Gasteiger partial charge on any atom is -0.330 e. The molecule has 2 nitrogen and oxygen atoms in total. The van der Waals surface area contributed by atoms with Gasteiger partial charge in [-0.2, -0.15) is 0 Å². The summed E-state index contributed by atoms with van der Waals surface area (Å²) in [5.74, 6) is 2.61. The van der Waals surface area contributed by atoms with Gasteiger partial charge in [-0.15, -0.1) is 0 Å². The molecule has 1 aliphatic heterocycles. The molecular weight excluding hydrogens is 220 g/mol. The Kier molecular flexibility index (Phi) is 7.92. The van der Waals surface area contributed by atoms with Gasteiger partial charge in [-0.3, -0.25) is 0 Å². The Morgan fingerprint density at radius 2 is 2.06 bits per heavy atom. The van der Waals surface area contributed by atoms with Crippen LogP contribution < -0.4 is 5.73 Å². The SMILES string of the molecule is CCCC1CCN(CCCC(CCN)C(C)C)C1. The van der Waals surface area contributed by atoms with Crippen molar-refractivity contribution in [2.75, 3.05) is 26.2 Å². The first-order valence-corrected chi connectivity index (χ1v) is 8.09. The maximum absolute atomic E-state index is 5.70. The van der Waals surface area contributed by atoms with Gasteiger partial charge >= 0.3 is 0 Å². The summed E-state index contributed by atoms with van der Waals surface area (Å²) in [4.78, 5) is 2.68. The minimum atomic E-state index is 0.792. The van der Waals surface area contributed by atoms with E-state index >= 15 is 0 Å². The van der Waals surface area contributed by atoms with Gasteiger partial charge in [-0.1, -0.05) is 27.2 Å². The number of hydrogen-bond donors (Lipinski definition) is 1. The third-order valence-electron chi connectivity index (χ3n) is 4.60. The molecule has 0 bridgehead atoms. The molecule has 1 fully saturated rings. The van der Waals surface area contributed by atoms with Crippen LogP contribution in [0.25, 0.3) is 0 Å². The average Bonchev–Trinajstić information content (AvgIpc) is 2.76. The molecule has 0 spiro atoms. The van der Waals surface area contributed by atoms with E-state index in [0.29, 0.717) is 0 Å². The zero-order valence-corrected chi connectivity index (χ0v) is 12.8. The number of likely N-dealkylation sites (tertiary alicyclic amines) is 1. The Bertz CT molecular complexity index is 203. The maximum atomic E-state index is 5.70. The van der Waals surface area contributed by atoms with Gasteiger partial charge in [0.2, 0.25) is 0 Å². The van der Waals surface area contributed by atoms with Crippen molar-refractivity contribution in [3.05, 3.63) is 0 Å². The molecule has 2 heteroatoms. The molecule has 1 aliphatic rings. The van der Waals surface area contributed by atoms with Gasteiger partial charge in [0.1, 0.15) is 0 Å². The van der Waals surface area contributed by atoms with E-state index in [1.807, 2.05) is 0 Å². The van der Waals surface area contributed by atoms with Crippen LogP contribution in [0.1, 0.15) is 59.3 Å². The molecule has 2 unspecified atom stereocenters. The monoisotopic (exact) mass is 254 g/mol. The van der Waals surface area contributed by atoms with E-state index in [0.717, 1.165) is 24.3 Å². The summed E-state index contributed by atoms with van der Waals surface area (Å²) >= 11 is 0. The molecule has 18 heavy (non-hydrogen) atoms. The fourth-order valence-corrected chi connectivity index (χ4v) is 3.36. The molecule has 0 aliphatic carbocycles. The summed E-state index contributed by atoms with van der Waals surface area (Å²) in [5, 5.41) is 0. The third-order valence-corrected chi connectivity index (χ3v) is 4.60. The van der Waals surface area contributed by atoms with E-state index in [9.17, 15) is 0 Å². The van der Waals surface area contributed by atoms with E-state index < -0.39 is 0 Å². The largest absolute Gasteiger partial charge is 0.330 e. The van der Waals surface area contributed by atoms with E-state index in [2.05, 4.69) is 25.7 Å². The summed E-state index contributed by atoms with van der Waals surface area (Å²) in [5.41, 5.74) is 5.70. The number of nitrogens with zero attached hydrogens (tertiary/aromatic N) is 1. The van der Waals surface area contributed by atoms with Crippen molar-refractivity contribution in [2.45, 2.75) is 59.3 Å². The molecule has 0 amide bonds. The van der Waals surface area contributed by atoms with E-state index in [4.69, 9.17) is 5.73 Å². The van der Waals surface area contributed by atoms with Crippen molar-refractivity contribution >= 4 is 0 Å². The van der Waals surface area contributed by atoms with Gasteiger partial charge in [0.05, 0.1) is 0 Å². The van der Waals surface area contributed by atoms with Gasteiger partial charge in [-0.05, 0) is 69.5 Å². The van der Waals surface area contributed by atoms with Crippen molar-refractivity contribution in [1.82, 2.24) is 4.90 Å². The highest BCUT2D eigenvalue weighted by Crippen LogP contribution is 2.23. The predicted molar refractivity (Wildman–Crippen MR) is 80.7 cm³/mol. The van der Waals surface area contributed by atoms with Gasteiger partial charge < -0.3 is 10.6 Å². The fraction of sp³-hybridized carbons (Fsp3) is 1.00. The van der Waals surface area contributed by atoms with Crippen molar-refractivity contribution in [3.63, 3.8) is 0 Å². The zero-order valence-electron chi connectivity index (χ0n) is 12.8. The smallest absolute Gasteiger partial charge is 0.00101 e. The fourth-order valence-electron chi connectivity index (χ4n) is 3.36. The summed E-state index contributed by atoms with van der Waals surface area (Å²) in [6.45, 7) is 11.9. The first-order chi connectivity index (χ1) is 8.67. The van der Waals surface area contributed by atoms with Crippen LogP contribution in [0, 0.1) is 17.8 Å². The van der Waals surface area contributed by atoms with Crippen LogP contribution >= 0.6 is 0 Å². The summed E-state index contributed by atoms with van der Waals surface area (Å²) < 4.78 is 0. The average molecular weight is 254 g/mol. The van der Waals surface area contributed by atoms with Crippen LogP contribution in [0.2, 0.25) is 0 Å². The lowest BCUT2D eigenvalue weighted by atomic mass is 9.88. The topological polar surface area (TPSA) is 29.3 Å². The van der Waals surface area contributed by atoms with Crippen molar-refractivity contribution in [3.8, 4) is 0 Å². The maximum Gasteiger partial charge on any atom is 0.00101 e. The van der Waals surface area contributed by atoms with Crippen LogP contribution in [0.5, 0.6) is 0 Å². The summed E-state index contributed by atoms with van der Waals surface area (Å²) in [6.07, 6.45) is 8.15. The quantitative estimate of drug-likeness (QED) is 0.682. The molecule has 108 valence electrons. The molecule has 0 aromatic rings. The van der Waals surface area contributed by atoms with Crippen LogP contribution in [-0.2, 0) is 0 Å². The van der Waals surface area contributed by atoms with E-state index in [1.165, 1.54) is 58.2 Å². The predicted octanol–water partition coefficient (Wildman–Crippen LogP) is 3.51. The Balaban J connectivity index is 2.13. The second-order valence-corrected chi connectivity index (χ2v) is 6.47. The molecular formula is C16H34N2. The van der Waals surface area contributed by atoms with Gasteiger partial charge in [0.25, 0.3) is 0 Å². The van der Waals surface area contributed by atoms with Crippen LogP contribution in [0.4, 0.5) is 0 Å². The molecule has 1 rings (SSSR count). The Morgan fingerprint density at radius 3 is 2.67 bits per heavy atom. The number of rotatable bonds is 9. The van der Waals surface area contributed by atoms with Gasteiger partial charge in [0.15, 0.2) is 0 Å². The van der Waals surface area contributed by atoms with Crippen molar-refractivity contribution < 1.29 is 0 Å². The molecule has 0 saturated carbocycles. The zero-order chi connectivity index (χ0) is 13.4. The lowest BCUT2D eigenvalue weighted by Gasteiger charge is -2.22. The van der Waals surface area contributed by atoms with Gasteiger partial charge in [0, 0.05) is 6.54 Å². The van der Waals surface area contributed by atoms with E-state index in [1.54, 1.807) is 0 Å². The third kappa shape index (κ3) is 5.71. The molecule has 1 saturated heterocycles. The van der Waals surface area contributed by atoms with Gasteiger partial charge in [-0.25, -0.2) is 0 Å².